The lowest BCUT2D eigenvalue weighted by atomic mass is 10.0. The number of benzene rings is 2. The van der Waals surface area contributed by atoms with E-state index in [4.69, 9.17) is 4.74 Å². The molecule has 1 atom stereocenters. The van der Waals surface area contributed by atoms with Crippen molar-refractivity contribution in [1.82, 2.24) is 5.32 Å². The molecule has 0 radical (unpaired) electrons. The van der Waals surface area contributed by atoms with Crippen LogP contribution in [-0.2, 0) is 22.6 Å². The number of nitrogens with one attached hydrogen (secondary N) is 1. The van der Waals surface area contributed by atoms with Gasteiger partial charge in [-0.3, -0.25) is 4.79 Å². The summed E-state index contributed by atoms with van der Waals surface area (Å²) in [6.45, 7) is 4.32. The summed E-state index contributed by atoms with van der Waals surface area (Å²) in [6, 6.07) is 16.2. The number of amides is 1. The van der Waals surface area contributed by atoms with Crippen molar-refractivity contribution in [3.05, 3.63) is 65.7 Å². The van der Waals surface area contributed by atoms with Crippen molar-refractivity contribution in [3.63, 3.8) is 0 Å². The maximum atomic E-state index is 11.8. The van der Waals surface area contributed by atoms with Gasteiger partial charge in [-0.1, -0.05) is 56.3 Å². The van der Waals surface area contributed by atoms with Crippen LogP contribution < -0.4 is 10.1 Å². The van der Waals surface area contributed by atoms with Crippen molar-refractivity contribution >= 4 is 11.9 Å². The second-order valence-corrected chi connectivity index (χ2v) is 6.68. The molecule has 138 valence electrons. The van der Waals surface area contributed by atoms with E-state index in [2.05, 4.69) is 5.32 Å². The molecule has 1 amide bonds. The number of aliphatic carboxylic acids is 1. The van der Waals surface area contributed by atoms with Crippen LogP contribution in [-0.4, -0.2) is 23.0 Å². The predicted octanol–water partition coefficient (Wildman–Crippen LogP) is 3.42. The zero-order chi connectivity index (χ0) is 18.9. The molecule has 5 nitrogen and oxygen atoms in total. The Labute approximate surface area is 154 Å². The fourth-order valence-corrected chi connectivity index (χ4v) is 2.52. The zero-order valence-electron chi connectivity index (χ0n) is 15.1. The van der Waals surface area contributed by atoms with Gasteiger partial charge in [0.1, 0.15) is 18.4 Å². The van der Waals surface area contributed by atoms with Crippen molar-refractivity contribution < 1.29 is 19.4 Å². The first-order valence-electron chi connectivity index (χ1n) is 8.72. The Bertz CT molecular complexity index is 711. The van der Waals surface area contributed by atoms with Crippen LogP contribution in [0.25, 0.3) is 0 Å². The third-order valence-electron chi connectivity index (χ3n) is 3.84. The first-order valence-corrected chi connectivity index (χ1v) is 8.72. The van der Waals surface area contributed by atoms with Gasteiger partial charge in [-0.2, -0.15) is 0 Å². The van der Waals surface area contributed by atoms with Crippen LogP contribution in [0.2, 0.25) is 0 Å². The Kier molecular flexibility index (Phi) is 7.21. The highest BCUT2D eigenvalue weighted by Crippen LogP contribution is 2.15. The van der Waals surface area contributed by atoms with Crippen LogP contribution in [0.15, 0.2) is 54.6 Å². The summed E-state index contributed by atoms with van der Waals surface area (Å²) in [4.78, 5) is 23.3. The number of carboxylic acids is 1. The highest BCUT2D eigenvalue weighted by Gasteiger charge is 2.20. The van der Waals surface area contributed by atoms with Gasteiger partial charge in [0.2, 0.25) is 5.91 Å². The predicted molar refractivity (Wildman–Crippen MR) is 99.9 cm³/mol. The molecule has 2 N–H and O–H groups in total. The van der Waals surface area contributed by atoms with Crippen LogP contribution in [0.1, 0.15) is 31.4 Å². The number of carbonyl (C=O) groups is 2. The summed E-state index contributed by atoms with van der Waals surface area (Å²) in [5.74, 6) is -0.375. The summed E-state index contributed by atoms with van der Waals surface area (Å²) in [7, 11) is 0. The summed E-state index contributed by atoms with van der Waals surface area (Å²) in [6.07, 6.45) is 0.550. The number of carbonyl (C=O) groups excluding carboxylic acids is 1. The van der Waals surface area contributed by atoms with E-state index in [0.29, 0.717) is 18.8 Å². The van der Waals surface area contributed by atoms with Crippen LogP contribution in [0.5, 0.6) is 5.75 Å². The molecule has 5 heteroatoms. The van der Waals surface area contributed by atoms with Crippen molar-refractivity contribution in [2.75, 3.05) is 0 Å². The van der Waals surface area contributed by atoms with Gasteiger partial charge >= 0.3 is 5.97 Å². The monoisotopic (exact) mass is 355 g/mol. The smallest absolute Gasteiger partial charge is 0.326 e. The second-order valence-electron chi connectivity index (χ2n) is 6.68. The molecule has 0 saturated heterocycles. The topological polar surface area (TPSA) is 75.6 Å². The lowest BCUT2D eigenvalue weighted by molar-refractivity contribution is -0.141. The molecule has 0 heterocycles. The Balaban J connectivity index is 1.91. The molecule has 2 aromatic rings. The fourth-order valence-electron chi connectivity index (χ4n) is 2.52. The van der Waals surface area contributed by atoms with Gasteiger partial charge in [-0.25, -0.2) is 4.79 Å². The number of hydrogen-bond acceptors (Lipinski definition) is 3. The molecular formula is C21H25NO4. The van der Waals surface area contributed by atoms with Crippen LogP contribution >= 0.6 is 0 Å². The molecule has 0 fully saturated rings. The lowest BCUT2D eigenvalue weighted by Gasteiger charge is -2.16. The minimum absolute atomic E-state index is 0.186. The number of carboxylic acid groups (broad SMARTS) is 1. The van der Waals surface area contributed by atoms with E-state index in [9.17, 15) is 14.7 Å². The van der Waals surface area contributed by atoms with Crippen molar-refractivity contribution in [3.8, 4) is 5.75 Å². The van der Waals surface area contributed by atoms with E-state index < -0.39 is 12.0 Å². The molecule has 0 saturated carbocycles. The van der Waals surface area contributed by atoms with Crippen LogP contribution in [0.4, 0.5) is 0 Å². The molecule has 0 aliphatic rings. The Hall–Kier alpha value is -2.82. The quantitative estimate of drug-likeness (QED) is 0.723. The van der Waals surface area contributed by atoms with Gasteiger partial charge in [0.05, 0.1) is 0 Å². The van der Waals surface area contributed by atoms with Gasteiger partial charge in [-0.05, 0) is 29.2 Å². The largest absolute Gasteiger partial charge is 0.489 e. The molecule has 0 aromatic heterocycles. The summed E-state index contributed by atoms with van der Waals surface area (Å²) < 4.78 is 5.72. The average molecular weight is 355 g/mol. The molecule has 0 aliphatic carbocycles. The van der Waals surface area contributed by atoms with E-state index >= 15 is 0 Å². The Morgan fingerprint density at radius 1 is 1.00 bits per heavy atom. The van der Waals surface area contributed by atoms with Gasteiger partial charge in [0.15, 0.2) is 0 Å². The highest BCUT2D eigenvalue weighted by molar-refractivity contribution is 5.83. The maximum Gasteiger partial charge on any atom is 0.326 e. The number of hydrogen-bond donors (Lipinski definition) is 2. The first-order chi connectivity index (χ1) is 12.4. The molecule has 0 aliphatic heterocycles. The molecule has 2 rings (SSSR count). The summed E-state index contributed by atoms with van der Waals surface area (Å²) >= 11 is 0. The normalized spacial score (nSPS) is 11.8. The molecule has 0 spiro atoms. The maximum absolute atomic E-state index is 11.8. The minimum Gasteiger partial charge on any atom is -0.489 e. The van der Waals surface area contributed by atoms with Crippen LogP contribution in [0.3, 0.4) is 0 Å². The lowest BCUT2D eigenvalue weighted by Crippen LogP contribution is -2.42. The SMILES string of the molecule is CC(C)CC(=O)N[C@H](Cc1ccc(OCc2ccccc2)cc1)C(=O)O. The van der Waals surface area contributed by atoms with E-state index in [1.165, 1.54) is 0 Å². The third-order valence-corrected chi connectivity index (χ3v) is 3.84. The number of rotatable bonds is 9. The Morgan fingerprint density at radius 3 is 2.23 bits per heavy atom. The second kappa shape index (κ2) is 9.61. The van der Waals surface area contributed by atoms with E-state index in [-0.39, 0.29) is 18.2 Å². The standard InChI is InChI=1S/C21H25NO4/c1-15(2)12-20(23)22-19(21(24)25)13-16-8-10-18(11-9-16)26-14-17-6-4-3-5-7-17/h3-11,15,19H,12-14H2,1-2H3,(H,22,23)(H,24,25)/t19-/m1/s1. The molecular weight excluding hydrogens is 330 g/mol. The summed E-state index contributed by atoms with van der Waals surface area (Å²) in [5, 5.41) is 11.9. The van der Waals surface area contributed by atoms with Gasteiger partial charge in [-0.15, -0.1) is 0 Å². The van der Waals surface area contributed by atoms with Crippen molar-refractivity contribution in [2.24, 2.45) is 5.92 Å². The van der Waals surface area contributed by atoms with Gasteiger partial charge in [0, 0.05) is 12.8 Å². The van der Waals surface area contributed by atoms with E-state index in [0.717, 1.165) is 11.1 Å². The molecule has 0 unspecified atom stereocenters. The van der Waals surface area contributed by atoms with Gasteiger partial charge in [0.25, 0.3) is 0 Å². The highest BCUT2D eigenvalue weighted by atomic mass is 16.5. The van der Waals surface area contributed by atoms with E-state index in [1.54, 1.807) is 0 Å². The molecule has 0 bridgehead atoms. The summed E-state index contributed by atoms with van der Waals surface area (Å²) in [5.41, 5.74) is 1.91. The van der Waals surface area contributed by atoms with Gasteiger partial charge < -0.3 is 15.2 Å². The third kappa shape index (κ3) is 6.59. The molecule has 26 heavy (non-hydrogen) atoms. The number of ether oxygens (including phenoxy) is 1. The first kappa shape index (κ1) is 19.5. The molecule has 2 aromatic carbocycles. The van der Waals surface area contributed by atoms with Crippen molar-refractivity contribution in [2.45, 2.75) is 39.3 Å². The fraction of sp³-hybridized carbons (Fsp3) is 0.333. The zero-order valence-corrected chi connectivity index (χ0v) is 15.1. The van der Waals surface area contributed by atoms with E-state index in [1.807, 2.05) is 68.4 Å². The van der Waals surface area contributed by atoms with Crippen LogP contribution in [0, 0.1) is 5.92 Å². The van der Waals surface area contributed by atoms with Crippen molar-refractivity contribution in [1.29, 1.82) is 0 Å². The average Bonchev–Trinajstić information content (AvgIpc) is 2.60. The Morgan fingerprint density at radius 2 is 1.65 bits per heavy atom. The minimum atomic E-state index is -1.04.